The molecule has 1 N–H and O–H groups in total. The molecule has 102 valence electrons. The Morgan fingerprint density at radius 3 is 2.95 bits per heavy atom. The fraction of sp³-hybridized carbons (Fsp3) is 0.462. The summed E-state index contributed by atoms with van der Waals surface area (Å²) in [4.78, 5) is 22.9. The summed E-state index contributed by atoms with van der Waals surface area (Å²) in [7, 11) is 0. The standard InChI is InChI=1S/C13H17N3O2S/c1-4-5-10-6-11(17)16-13(15-10)19-9(3)12-14-7-8(2)18-12/h6-7,9H,4-5H2,1-3H3,(H,15,16,17). The van der Waals surface area contributed by atoms with Gasteiger partial charge < -0.3 is 9.40 Å². The maximum atomic E-state index is 11.6. The number of aromatic nitrogens is 3. The summed E-state index contributed by atoms with van der Waals surface area (Å²) in [5.41, 5.74) is 0.710. The molecule has 0 saturated carbocycles. The Hall–Kier alpha value is -1.56. The van der Waals surface area contributed by atoms with Crippen molar-refractivity contribution in [1.82, 2.24) is 15.0 Å². The Morgan fingerprint density at radius 1 is 1.53 bits per heavy atom. The molecule has 0 aliphatic heterocycles. The fourth-order valence-corrected chi connectivity index (χ4v) is 2.58. The topological polar surface area (TPSA) is 71.8 Å². The summed E-state index contributed by atoms with van der Waals surface area (Å²) in [6, 6.07) is 1.55. The minimum absolute atomic E-state index is 0.00808. The van der Waals surface area contributed by atoms with Gasteiger partial charge in [-0.05, 0) is 20.3 Å². The van der Waals surface area contributed by atoms with E-state index in [0.29, 0.717) is 11.0 Å². The van der Waals surface area contributed by atoms with Crippen LogP contribution in [0.4, 0.5) is 0 Å². The quantitative estimate of drug-likeness (QED) is 0.673. The van der Waals surface area contributed by atoms with Crippen molar-refractivity contribution in [2.75, 3.05) is 0 Å². The van der Waals surface area contributed by atoms with Crippen LogP contribution in [0.5, 0.6) is 0 Å². The fourth-order valence-electron chi connectivity index (χ4n) is 1.70. The van der Waals surface area contributed by atoms with E-state index in [9.17, 15) is 4.79 Å². The zero-order valence-corrected chi connectivity index (χ0v) is 12.1. The van der Waals surface area contributed by atoms with Crippen molar-refractivity contribution in [3.63, 3.8) is 0 Å². The first-order valence-corrected chi connectivity index (χ1v) is 7.15. The maximum absolute atomic E-state index is 11.6. The summed E-state index contributed by atoms with van der Waals surface area (Å²) in [6.07, 6.45) is 3.47. The molecule has 5 nitrogen and oxygen atoms in total. The second kappa shape index (κ2) is 6.06. The average molecular weight is 279 g/mol. The maximum Gasteiger partial charge on any atom is 0.251 e. The molecule has 6 heteroatoms. The Bertz CT molecular complexity index is 606. The molecule has 0 bridgehead atoms. The van der Waals surface area contributed by atoms with Gasteiger partial charge >= 0.3 is 0 Å². The van der Waals surface area contributed by atoms with Crippen LogP contribution in [-0.2, 0) is 6.42 Å². The van der Waals surface area contributed by atoms with Crippen LogP contribution in [0.1, 0.15) is 42.9 Å². The van der Waals surface area contributed by atoms with Gasteiger partial charge in [-0.15, -0.1) is 0 Å². The normalized spacial score (nSPS) is 12.6. The lowest BCUT2D eigenvalue weighted by Crippen LogP contribution is -2.10. The molecule has 19 heavy (non-hydrogen) atoms. The molecule has 0 radical (unpaired) electrons. The third-order valence-electron chi connectivity index (χ3n) is 2.55. The van der Waals surface area contributed by atoms with Crippen molar-refractivity contribution in [1.29, 1.82) is 0 Å². The first kappa shape index (κ1) is 13.9. The molecule has 2 aromatic heterocycles. The van der Waals surface area contributed by atoms with Crippen LogP contribution in [0.2, 0.25) is 0 Å². The summed E-state index contributed by atoms with van der Waals surface area (Å²) in [6.45, 7) is 5.90. The van der Waals surface area contributed by atoms with Gasteiger partial charge in [0.05, 0.1) is 11.4 Å². The van der Waals surface area contributed by atoms with Crippen LogP contribution in [0.25, 0.3) is 0 Å². The molecule has 0 saturated heterocycles. The van der Waals surface area contributed by atoms with Crippen molar-refractivity contribution in [2.24, 2.45) is 0 Å². The van der Waals surface area contributed by atoms with Gasteiger partial charge in [-0.1, -0.05) is 25.1 Å². The largest absolute Gasteiger partial charge is 0.445 e. The second-order valence-corrected chi connectivity index (χ2v) is 5.69. The van der Waals surface area contributed by atoms with E-state index in [1.54, 1.807) is 12.3 Å². The van der Waals surface area contributed by atoms with E-state index in [4.69, 9.17) is 4.42 Å². The van der Waals surface area contributed by atoms with Crippen LogP contribution in [0.15, 0.2) is 26.6 Å². The molecule has 1 unspecified atom stereocenters. The number of aromatic amines is 1. The number of thioether (sulfide) groups is 1. The number of nitrogens with one attached hydrogen (secondary N) is 1. The van der Waals surface area contributed by atoms with E-state index in [1.807, 2.05) is 13.8 Å². The lowest BCUT2D eigenvalue weighted by atomic mass is 10.2. The number of oxazole rings is 1. The number of hydrogen-bond donors (Lipinski definition) is 1. The second-order valence-electron chi connectivity index (χ2n) is 4.36. The minimum Gasteiger partial charge on any atom is -0.445 e. The molecule has 2 aromatic rings. The molecule has 2 rings (SSSR count). The molecule has 0 aliphatic carbocycles. The number of rotatable bonds is 5. The van der Waals surface area contributed by atoms with E-state index < -0.39 is 0 Å². The molecule has 1 atom stereocenters. The predicted molar refractivity (Wildman–Crippen MR) is 74.4 cm³/mol. The number of aryl methyl sites for hydroxylation is 2. The van der Waals surface area contributed by atoms with Gasteiger partial charge in [0.2, 0.25) is 5.89 Å². The molecule has 0 aromatic carbocycles. The van der Waals surface area contributed by atoms with Crippen LogP contribution < -0.4 is 5.56 Å². The van der Waals surface area contributed by atoms with Crippen molar-refractivity contribution in [3.05, 3.63) is 40.0 Å². The van der Waals surface area contributed by atoms with Gasteiger partial charge in [0.25, 0.3) is 5.56 Å². The molecular weight excluding hydrogens is 262 g/mol. The van der Waals surface area contributed by atoms with Gasteiger partial charge in [-0.3, -0.25) is 4.79 Å². The Kier molecular flexibility index (Phi) is 4.42. The predicted octanol–water partition coefficient (Wildman–Crippen LogP) is 2.87. The van der Waals surface area contributed by atoms with Crippen molar-refractivity contribution >= 4 is 11.8 Å². The average Bonchev–Trinajstić information content (AvgIpc) is 2.75. The van der Waals surface area contributed by atoms with Crippen LogP contribution in [0, 0.1) is 6.92 Å². The van der Waals surface area contributed by atoms with E-state index in [0.717, 1.165) is 24.3 Å². The molecular formula is C13H17N3O2S. The minimum atomic E-state index is -0.114. The van der Waals surface area contributed by atoms with Gasteiger partial charge in [0, 0.05) is 11.8 Å². The van der Waals surface area contributed by atoms with Gasteiger partial charge in [-0.2, -0.15) is 0 Å². The summed E-state index contributed by atoms with van der Waals surface area (Å²) in [5, 5.41) is 0.619. The van der Waals surface area contributed by atoms with Crippen molar-refractivity contribution < 1.29 is 4.42 Å². The Morgan fingerprint density at radius 2 is 2.32 bits per heavy atom. The molecule has 2 heterocycles. The molecule has 0 amide bonds. The van der Waals surface area contributed by atoms with Crippen molar-refractivity contribution in [2.45, 2.75) is 44.0 Å². The first-order valence-electron chi connectivity index (χ1n) is 6.27. The highest BCUT2D eigenvalue weighted by molar-refractivity contribution is 7.99. The van der Waals surface area contributed by atoms with Gasteiger partial charge in [0.1, 0.15) is 5.76 Å². The van der Waals surface area contributed by atoms with Gasteiger partial charge in [-0.25, -0.2) is 9.97 Å². The summed E-state index contributed by atoms with van der Waals surface area (Å²) in [5.74, 6) is 1.43. The Labute approximate surface area is 115 Å². The number of H-pyrrole nitrogens is 1. The molecule has 0 spiro atoms. The smallest absolute Gasteiger partial charge is 0.251 e. The van der Waals surface area contributed by atoms with Crippen LogP contribution in [0.3, 0.4) is 0 Å². The monoisotopic (exact) mass is 279 g/mol. The molecule has 0 fully saturated rings. The molecule has 0 aliphatic rings. The zero-order valence-electron chi connectivity index (χ0n) is 11.3. The number of hydrogen-bond acceptors (Lipinski definition) is 5. The highest BCUT2D eigenvalue weighted by Crippen LogP contribution is 2.31. The first-order chi connectivity index (χ1) is 9.08. The van der Waals surface area contributed by atoms with Gasteiger partial charge in [0.15, 0.2) is 5.16 Å². The number of nitrogens with zero attached hydrogens (tertiary/aromatic N) is 2. The zero-order chi connectivity index (χ0) is 13.8. The van der Waals surface area contributed by atoms with Crippen LogP contribution in [-0.4, -0.2) is 15.0 Å². The highest BCUT2D eigenvalue weighted by atomic mass is 32.2. The van der Waals surface area contributed by atoms with Crippen molar-refractivity contribution in [3.8, 4) is 0 Å². The third kappa shape index (κ3) is 3.70. The van der Waals surface area contributed by atoms with E-state index in [1.165, 1.54) is 11.8 Å². The summed E-state index contributed by atoms with van der Waals surface area (Å²) >= 11 is 1.44. The van der Waals surface area contributed by atoms with E-state index >= 15 is 0 Å². The van der Waals surface area contributed by atoms with Crippen LogP contribution >= 0.6 is 11.8 Å². The van der Waals surface area contributed by atoms with E-state index in [2.05, 4.69) is 21.9 Å². The summed E-state index contributed by atoms with van der Waals surface area (Å²) < 4.78 is 5.47. The van der Waals surface area contributed by atoms with E-state index in [-0.39, 0.29) is 10.8 Å². The lowest BCUT2D eigenvalue weighted by molar-refractivity contribution is 0.474. The third-order valence-corrected chi connectivity index (χ3v) is 3.53. The lowest BCUT2D eigenvalue weighted by Gasteiger charge is -2.07. The highest BCUT2D eigenvalue weighted by Gasteiger charge is 2.14. The SMILES string of the molecule is CCCc1cc(=O)[nH]c(SC(C)c2ncc(C)o2)n1. The Balaban J connectivity index is 2.16.